The zero-order chi connectivity index (χ0) is 10.5. The summed E-state index contributed by atoms with van der Waals surface area (Å²) in [7, 11) is 1.99. The number of rotatable bonds is 3. The molecule has 0 aliphatic carbocycles. The van der Waals surface area contributed by atoms with Crippen LogP contribution in [0.3, 0.4) is 0 Å². The van der Waals surface area contributed by atoms with Gasteiger partial charge in [0.1, 0.15) is 0 Å². The summed E-state index contributed by atoms with van der Waals surface area (Å²) >= 11 is 0. The highest BCUT2D eigenvalue weighted by Gasteiger charge is 2.02. The molecule has 0 radical (unpaired) electrons. The van der Waals surface area contributed by atoms with E-state index in [1.807, 2.05) is 36.2 Å². The van der Waals surface area contributed by atoms with E-state index in [0.29, 0.717) is 0 Å². The Hall–Kier alpha value is -1.90. The van der Waals surface area contributed by atoms with Gasteiger partial charge in [0.05, 0.1) is 0 Å². The Morgan fingerprint density at radius 2 is 1.67 bits per heavy atom. The minimum atomic E-state index is 0.751. The average molecular weight is 199 g/mol. The SMILES string of the molecule is CN(Cc1ccccc1)c1ncccn1. The standard InChI is InChI=1S/C12H13N3/c1-15(12-13-8-5-9-14-12)10-11-6-3-2-4-7-11/h2-9H,10H2,1H3. The van der Waals surface area contributed by atoms with Crippen LogP contribution in [0.1, 0.15) is 5.56 Å². The Morgan fingerprint density at radius 1 is 1.00 bits per heavy atom. The van der Waals surface area contributed by atoms with Crippen molar-refractivity contribution < 1.29 is 0 Å². The first-order valence-electron chi connectivity index (χ1n) is 4.88. The third kappa shape index (κ3) is 2.53. The van der Waals surface area contributed by atoms with Crippen molar-refractivity contribution in [2.24, 2.45) is 0 Å². The van der Waals surface area contributed by atoms with E-state index in [-0.39, 0.29) is 0 Å². The van der Waals surface area contributed by atoms with E-state index in [4.69, 9.17) is 0 Å². The summed E-state index contributed by atoms with van der Waals surface area (Å²) in [5.74, 6) is 0.751. The second kappa shape index (κ2) is 4.55. The van der Waals surface area contributed by atoms with E-state index < -0.39 is 0 Å². The number of benzene rings is 1. The van der Waals surface area contributed by atoms with Gasteiger partial charge in [0, 0.05) is 26.0 Å². The lowest BCUT2D eigenvalue weighted by molar-refractivity contribution is 0.866. The van der Waals surface area contributed by atoms with Crippen LogP contribution in [0.4, 0.5) is 5.95 Å². The van der Waals surface area contributed by atoms with Crippen LogP contribution in [-0.2, 0) is 6.54 Å². The normalized spacial score (nSPS) is 9.93. The van der Waals surface area contributed by atoms with Gasteiger partial charge in [0.15, 0.2) is 0 Å². The lowest BCUT2D eigenvalue weighted by Crippen LogP contribution is -2.18. The lowest BCUT2D eigenvalue weighted by Gasteiger charge is -2.16. The summed E-state index contributed by atoms with van der Waals surface area (Å²) in [4.78, 5) is 10.4. The summed E-state index contributed by atoms with van der Waals surface area (Å²) in [5, 5.41) is 0. The fourth-order valence-electron chi connectivity index (χ4n) is 1.42. The summed E-state index contributed by atoms with van der Waals surface area (Å²) in [6, 6.07) is 12.1. The van der Waals surface area contributed by atoms with Crippen LogP contribution in [0.25, 0.3) is 0 Å². The lowest BCUT2D eigenvalue weighted by atomic mass is 10.2. The van der Waals surface area contributed by atoms with Crippen LogP contribution >= 0.6 is 0 Å². The summed E-state index contributed by atoms with van der Waals surface area (Å²) in [5.41, 5.74) is 1.26. The van der Waals surface area contributed by atoms with Crippen molar-refractivity contribution in [1.29, 1.82) is 0 Å². The van der Waals surface area contributed by atoms with Gasteiger partial charge in [0.25, 0.3) is 0 Å². The van der Waals surface area contributed by atoms with Gasteiger partial charge >= 0.3 is 0 Å². The van der Waals surface area contributed by atoms with Crippen molar-refractivity contribution in [2.45, 2.75) is 6.54 Å². The van der Waals surface area contributed by atoms with Crippen molar-refractivity contribution in [3.63, 3.8) is 0 Å². The monoisotopic (exact) mass is 199 g/mol. The first kappa shape index (κ1) is 9.65. The van der Waals surface area contributed by atoms with Crippen LogP contribution in [0, 0.1) is 0 Å². The van der Waals surface area contributed by atoms with Crippen molar-refractivity contribution in [2.75, 3.05) is 11.9 Å². The number of anilines is 1. The molecule has 76 valence electrons. The van der Waals surface area contributed by atoms with E-state index >= 15 is 0 Å². The first-order chi connectivity index (χ1) is 7.36. The Balaban J connectivity index is 2.08. The predicted octanol–water partition coefficient (Wildman–Crippen LogP) is 2.11. The molecule has 2 rings (SSSR count). The van der Waals surface area contributed by atoms with E-state index in [1.165, 1.54) is 5.56 Å². The highest BCUT2D eigenvalue weighted by molar-refractivity contribution is 5.29. The maximum atomic E-state index is 4.19. The zero-order valence-electron chi connectivity index (χ0n) is 8.67. The van der Waals surface area contributed by atoms with Crippen LogP contribution in [0.5, 0.6) is 0 Å². The molecule has 0 saturated heterocycles. The van der Waals surface area contributed by atoms with Gasteiger partial charge in [-0.15, -0.1) is 0 Å². The van der Waals surface area contributed by atoms with Gasteiger partial charge < -0.3 is 4.90 Å². The second-order valence-electron chi connectivity index (χ2n) is 3.39. The average Bonchev–Trinajstić information content (AvgIpc) is 2.31. The molecule has 0 amide bonds. The minimum absolute atomic E-state index is 0.751. The van der Waals surface area contributed by atoms with Crippen molar-refractivity contribution in [3.8, 4) is 0 Å². The van der Waals surface area contributed by atoms with E-state index in [9.17, 15) is 0 Å². The molecule has 0 aliphatic rings. The molecule has 3 nitrogen and oxygen atoms in total. The topological polar surface area (TPSA) is 29.0 Å². The van der Waals surface area contributed by atoms with Gasteiger partial charge in [-0.05, 0) is 11.6 Å². The fraction of sp³-hybridized carbons (Fsp3) is 0.167. The molecular weight excluding hydrogens is 186 g/mol. The predicted molar refractivity (Wildman–Crippen MR) is 60.6 cm³/mol. The Bertz CT molecular complexity index is 400. The highest BCUT2D eigenvalue weighted by Crippen LogP contribution is 2.08. The van der Waals surface area contributed by atoms with E-state index in [0.717, 1.165) is 12.5 Å². The molecule has 0 aliphatic heterocycles. The molecule has 0 bridgehead atoms. The third-order valence-corrected chi connectivity index (χ3v) is 2.16. The third-order valence-electron chi connectivity index (χ3n) is 2.16. The van der Waals surface area contributed by atoms with Crippen LogP contribution in [0.2, 0.25) is 0 Å². The summed E-state index contributed by atoms with van der Waals surface area (Å²) in [6.07, 6.45) is 3.51. The fourth-order valence-corrected chi connectivity index (χ4v) is 1.42. The molecule has 0 spiro atoms. The summed E-state index contributed by atoms with van der Waals surface area (Å²) < 4.78 is 0. The van der Waals surface area contributed by atoms with Crippen LogP contribution < -0.4 is 4.90 Å². The molecule has 15 heavy (non-hydrogen) atoms. The number of nitrogens with zero attached hydrogens (tertiary/aromatic N) is 3. The van der Waals surface area contributed by atoms with Crippen LogP contribution in [0.15, 0.2) is 48.8 Å². The maximum absolute atomic E-state index is 4.19. The maximum Gasteiger partial charge on any atom is 0.225 e. The molecule has 1 aromatic carbocycles. The number of hydrogen-bond acceptors (Lipinski definition) is 3. The Kier molecular flexibility index (Phi) is 2.93. The molecule has 1 heterocycles. The van der Waals surface area contributed by atoms with Crippen molar-refractivity contribution in [1.82, 2.24) is 9.97 Å². The molecule has 0 saturated carbocycles. The van der Waals surface area contributed by atoms with Gasteiger partial charge in [-0.3, -0.25) is 0 Å². The van der Waals surface area contributed by atoms with Gasteiger partial charge in [-0.1, -0.05) is 30.3 Å². The summed E-state index contributed by atoms with van der Waals surface area (Å²) in [6.45, 7) is 0.824. The molecule has 0 unspecified atom stereocenters. The zero-order valence-corrected chi connectivity index (χ0v) is 8.67. The first-order valence-corrected chi connectivity index (χ1v) is 4.88. The number of aromatic nitrogens is 2. The molecule has 0 atom stereocenters. The molecule has 0 N–H and O–H groups in total. The van der Waals surface area contributed by atoms with E-state index in [2.05, 4.69) is 22.1 Å². The Morgan fingerprint density at radius 3 is 2.33 bits per heavy atom. The van der Waals surface area contributed by atoms with Gasteiger partial charge in [-0.25, -0.2) is 9.97 Å². The largest absolute Gasteiger partial charge is 0.340 e. The minimum Gasteiger partial charge on any atom is -0.340 e. The molecule has 1 aromatic heterocycles. The van der Waals surface area contributed by atoms with Gasteiger partial charge in [-0.2, -0.15) is 0 Å². The molecule has 3 heteroatoms. The van der Waals surface area contributed by atoms with E-state index in [1.54, 1.807) is 12.4 Å². The highest BCUT2D eigenvalue weighted by atomic mass is 15.2. The quantitative estimate of drug-likeness (QED) is 0.758. The van der Waals surface area contributed by atoms with Crippen molar-refractivity contribution in [3.05, 3.63) is 54.4 Å². The Labute approximate surface area is 89.4 Å². The molecule has 0 fully saturated rings. The van der Waals surface area contributed by atoms with Crippen LogP contribution in [-0.4, -0.2) is 17.0 Å². The smallest absolute Gasteiger partial charge is 0.225 e. The number of hydrogen-bond donors (Lipinski definition) is 0. The van der Waals surface area contributed by atoms with Crippen molar-refractivity contribution >= 4 is 5.95 Å². The second-order valence-corrected chi connectivity index (χ2v) is 3.39. The molecular formula is C12H13N3. The van der Waals surface area contributed by atoms with Gasteiger partial charge in [0.2, 0.25) is 5.95 Å². The molecule has 2 aromatic rings.